The van der Waals surface area contributed by atoms with Gasteiger partial charge in [0.1, 0.15) is 5.82 Å². The molecule has 136 valence electrons. The van der Waals surface area contributed by atoms with E-state index in [0.29, 0.717) is 18.8 Å². The SMILES string of the molecule is Cc1cccc(C2CCC3(CC2)CN(C(=O)C2CC(C)(O)C2)C3)c1F. The average Bonchev–Trinajstić information content (AvgIpc) is 2.52. The Bertz CT molecular complexity index is 675. The summed E-state index contributed by atoms with van der Waals surface area (Å²) in [5, 5.41) is 9.83. The molecule has 1 heterocycles. The third kappa shape index (κ3) is 2.99. The van der Waals surface area contributed by atoms with Crippen LogP contribution < -0.4 is 0 Å². The number of likely N-dealkylation sites (tertiary alicyclic amines) is 1. The lowest BCUT2D eigenvalue weighted by molar-refractivity contribution is -0.163. The molecule has 1 aliphatic heterocycles. The summed E-state index contributed by atoms with van der Waals surface area (Å²) in [6.45, 7) is 5.34. The van der Waals surface area contributed by atoms with Crippen LogP contribution in [0.25, 0.3) is 0 Å². The van der Waals surface area contributed by atoms with Gasteiger partial charge in [0, 0.05) is 24.4 Å². The Morgan fingerprint density at radius 3 is 2.48 bits per heavy atom. The zero-order valence-corrected chi connectivity index (χ0v) is 15.2. The molecule has 1 amide bonds. The number of rotatable bonds is 2. The number of halogens is 1. The van der Waals surface area contributed by atoms with Crippen molar-refractivity contribution in [2.75, 3.05) is 13.1 Å². The van der Waals surface area contributed by atoms with Crippen LogP contribution in [0.5, 0.6) is 0 Å². The van der Waals surface area contributed by atoms with Gasteiger partial charge in [0.2, 0.25) is 5.91 Å². The Kier molecular flexibility index (Phi) is 3.95. The molecule has 0 aromatic heterocycles. The zero-order valence-electron chi connectivity index (χ0n) is 15.2. The minimum atomic E-state index is -0.640. The summed E-state index contributed by atoms with van der Waals surface area (Å²) in [7, 11) is 0. The minimum absolute atomic E-state index is 0.0186. The molecular formula is C21H28FNO2. The first kappa shape index (κ1) is 17.0. The lowest BCUT2D eigenvalue weighted by atomic mass is 9.63. The van der Waals surface area contributed by atoms with Crippen molar-refractivity contribution in [2.24, 2.45) is 11.3 Å². The van der Waals surface area contributed by atoms with Crippen LogP contribution in [0.4, 0.5) is 4.39 Å². The molecule has 3 fully saturated rings. The van der Waals surface area contributed by atoms with E-state index in [4.69, 9.17) is 0 Å². The monoisotopic (exact) mass is 345 g/mol. The van der Waals surface area contributed by atoms with E-state index in [0.717, 1.165) is 49.9 Å². The summed E-state index contributed by atoms with van der Waals surface area (Å²) in [4.78, 5) is 14.4. The number of hydrogen-bond acceptors (Lipinski definition) is 2. The maximum Gasteiger partial charge on any atom is 0.225 e. The summed E-state index contributed by atoms with van der Waals surface area (Å²) >= 11 is 0. The van der Waals surface area contributed by atoms with Crippen molar-refractivity contribution in [3.63, 3.8) is 0 Å². The van der Waals surface area contributed by atoms with E-state index in [1.807, 2.05) is 30.0 Å². The van der Waals surface area contributed by atoms with E-state index < -0.39 is 5.60 Å². The van der Waals surface area contributed by atoms with Crippen LogP contribution in [0.3, 0.4) is 0 Å². The second kappa shape index (κ2) is 5.80. The number of amides is 1. The number of aliphatic hydroxyl groups is 1. The van der Waals surface area contributed by atoms with E-state index in [9.17, 15) is 14.3 Å². The van der Waals surface area contributed by atoms with E-state index in [1.165, 1.54) is 0 Å². The van der Waals surface area contributed by atoms with Gasteiger partial charge in [-0.25, -0.2) is 4.39 Å². The predicted molar refractivity (Wildman–Crippen MR) is 94.7 cm³/mol. The molecule has 1 saturated heterocycles. The summed E-state index contributed by atoms with van der Waals surface area (Å²) in [5.41, 5.74) is 1.23. The highest BCUT2D eigenvalue weighted by Gasteiger charge is 2.51. The fraction of sp³-hybridized carbons (Fsp3) is 0.667. The largest absolute Gasteiger partial charge is 0.390 e. The first-order chi connectivity index (χ1) is 11.8. The van der Waals surface area contributed by atoms with Crippen molar-refractivity contribution < 1.29 is 14.3 Å². The first-order valence-electron chi connectivity index (χ1n) is 9.55. The molecule has 25 heavy (non-hydrogen) atoms. The Labute approximate surface area is 149 Å². The van der Waals surface area contributed by atoms with Gasteiger partial charge in [-0.1, -0.05) is 18.2 Å². The molecule has 1 spiro atoms. The Balaban J connectivity index is 1.31. The van der Waals surface area contributed by atoms with Crippen LogP contribution >= 0.6 is 0 Å². The molecular weight excluding hydrogens is 317 g/mol. The molecule has 0 bridgehead atoms. The van der Waals surface area contributed by atoms with Crippen LogP contribution in [0.15, 0.2) is 18.2 Å². The predicted octanol–water partition coefficient (Wildman–Crippen LogP) is 3.78. The maximum absolute atomic E-state index is 14.4. The van der Waals surface area contributed by atoms with Gasteiger partial charge in [-0.05, 0) is 69.4 Å². The second-order valence-corrected chi connectivity index (χ2v) is 9.05. The van der Waals surface area contributed by atoms with Gasteiger partial charge in [-0.3, -0.25) is 4.79 Å². The van der Waals surface area contributed by atoms with Crippen molar-refractivity contribution in [1.82, 2.24) is 4.90 Å². The summed E-state index contributed by atoms with van der Waals surface area (Å²) < 4.78 is 14.4. The number of aryl methyl sites for hydroxylation is 1. The molecule has 0 atom stereocenters. The molecule has 4 rings (SSSR count). The normalized spacial score (nSPS) is 31.5. The molecule has 1 aromatic rings. The minimum Gasteiger partial charge on any atom is -0.390 e. The van der Waals surface area contributed by atoms with E-state index in [-0.39, 0.29) is 23.1 Å². The highest BCUT2D eigenvalue weighted by Crippen LogP contribution is 2.50. The smallest absolute Gasteiger partial charge is 0.225 e. The summed E-state index contributed by atoms with van der Waals surface area (Å²) in [5.74, 6) is 0.525. The van der Waals surface area contributed by atoms with Crippen LogP contribution in [0.2, 0.25) is 0 Å². The van der Waals surface area contributed by atoms with Gasteiger partial charge >= 0.3 is 0 Å². The third-order valence-corrected chi connectivity index (χ3v) is 6.79. The Morgan fingerprint density at radius 2 is 1.88 bits per heavy atom. The van der Waals surface area contributed by atoms with Gasteiger partial charge < -0.3 is 10.0 Å². The van der Waals surface area contributed by atoms with Crippen molar-refractivity contribution in [3.8, 4) is 0 Å². The number of carbonyl (C=O) groups excluding carboxylic acids is 1. The molecule has 2 saturated carbocycles. The topological polar surface area (TPSA) is 40.5 Å². The Hall–Kier alpha value is -1.42. The van der Waals surface area contributed by atoms with Gasteiger partial charge in [-0.2, -0.15) is 0 Å². The van der Waals surface area contributed by atoms with E-state index in [2.05, 4.69) is 0 Å². The maximum atomic E-state index is 14.4. The summed E-state index contributed by atoms with van der Waals surface area (Å²) in [6.07, 6.45) is 5.39. The third-order valence-electron chi connectivity index (χ3n) is 6.79. The quantitative estimate of drug-likeness (QED) is 0.886. The molecule has 1 N–H and O–H groups in total. The molecule has 4 heteroatoms. The van der Waals surface area contributed by atoms with Crippen LogP contribution in [0, 0.1) is 24.1 Å². The van der Waals surface area contributed by atoms with Gasteiger partial charge in [0.25, 0.3) is 0 Å². The standard InChI is InChI=1S/C21H28FNO2/c1-14-4-3-5-17(18(14)22)15-6-8-21(9-7-15)12-23(13-21)19(24)16-10-20(2,25)11-16/h3-5,15-16,25H,6-13H2,1-2H3. The molecule has 3 nitrogen and oxygen atoms in total. The van der Waals surface area contributed by atoms with Crippen LogP contribution in [-0.4, -0.2) is 34.6 Å². The Morgan fingerprint density at radius 1 is 1.24 bits per heavy atom. The number of benzene rings is 1. The molecule has 0 radical (unpaired) electrons. The van der Waals surface area contributed by atoms with Crippen molar-refractivity contribution in [1.29, 1.82) is 0 Å². The molecule has 3 aliphatic rings. The van der Waals surface area contributed by atoms with E-state index >= 15 is 0 Å². The second-order valence-electron chi connectivity index (χ2n) is 9.05. The fourth-order valence-electron chi connectivity index (χ4n) is 5.20. The molecule has 1 aromatic carbocycles. The first-order valence-corrected chi connectivity index (χ1v) is 9.55. The fourth-order valence-corrected chi connectivity index (χ4v) is 5.20. The zero-order chi connectivity index (χ0) is 17.8. The highest BCUT2D eigenvalue weighted by molar-refractivity contribution is 5.81. The van der Waals surface area contributed by atoms with E-state index in [1.54, 1.807) is 6.92 Å². The highest BCUT2D eigenvalue weighted by atomic mass is 19.1. The lowest BCUT2D eigenvalue weighted by Crippen LogP contribution is -2.62. The van der Waals surface area contributed by atoms with Crippen LogP contribution in [-0.2, 0) is 4.79 Å². The van der Waals surface area contributed by atoms with Gasteiger partial charge in [-0.15, -0.1) is 0 Å². The lowest BCUT2D eigenvalue weighted by Gasteiger charge is -2.55. The number of hydrogen-bond donors (Lipinski definition) is 1. The van der Waals surface area contributed by atoms with Crippen molar-refractivity contribution in [2.45, 2.75) is 63.9 Å². The van der Waals surface area contributed by atoms with Crippen LogP contribution in [0.1, 0.15) is 62.5 Å². The number of carbonyl (C=O) groups is 1. The average molecular weight is 345 g/mol. The van der Waals surface area contributed by atoms with Crippen molar-refractivity contribution >= 4 is 5.91 Å². The molecule has 2 aliphatic carbocycles. The van der Waals surface area contributed by atoms with Gasteiger partial charge in [0.05, 0.1) is 5.60 Å². The van der Waals surface area contributed by atoms with Gasteiger partial charge in [0.15, 0.2) is 0 Å². The van der Waals surface area contributed by atoms with Crippen molar-refractivity contribution in [3.05, 3.63) is 35.1 Å². The number of nitrogens with zero attached hydrogens (tertiary/aromatic N) is 1. The summed E-state index contributed by atoms with van der Waals surface area (Å²) in [6, 6.07) is 5.72. The molecule has 0 unspecified atom stereocenters.